The molecule has 8 heteroatoms. The van der Waals surface area contributed by atoms with Crippen molar-refractivity contribution in [2.24, 2.45) is 0 Å². The van der Waals surface area contributed by atoms with Gasteiger partial charge < -0.3 is 16.4 Å². The number of nitrogens with one attached hydrogen (secondary N) is 2. The van der Waals surface area contributed by atoms with Crippen LogP contribution in [0.15, 0.2) is 54.6 Å². The third kappa shape index (κ3) is 4.89. The third-order valence-electron chi connectivity index (χ3n) is 3.59. The van der Waals surface area contributed by atoms with E-state index in [0.29, 0.717) is 5.69 Å². The van der Waals surface area contributed by atoms with Crippen molar-refractivity contribution >= 4 is 40.8 Å². The number of benzene rings is 2. The minimum absolute atomic E-state index is 0.00517. The Morgan fingerprint density at radius 3 is 2.39 bits per heavy atom. The van der Waals surface area contributed by atoms with Crippen molar-refractivity contribution in [2.75, 3.05) is 16.4 Å². The maximum Gasteiger partial charge on any atom is 0.232 e. The fourth-order valence-electron chi connectivity index (χ4n) is 2.40. The number of amides is 1. The van der Waals surface area contributed by atoms with Crippen molar-refractivity contribution in [3.05, 3.63) is 66.0 Å². The zero-order chi connectivity index (χ0) is 19.9. The van der Waals surface area contributed by atoms with Gasteiger partial charge in [0.2, 0.25) is 17.8 Å². The van der Waals surface area contributed by atoms with Gasteiger partial charge in [-0.2, -0.15) is 20.2 Å². The van der Waals surface area contributed by atoms with Crippen LogP contribution in [0.2, 0.25) is 0 Å². The normalized spacial score (nSPS) is 10.8. The lowest BCUT2D eigenvalue weighted by molar-refractivity contribution is -0.114. The van der Waals surface area contributed by atoms with Crippen LogP contribution in [0.5, 0.6) is 0 Å². The van der Waals surface area contributed by atoms with Gasteiger partial charge >= 0.3 is 0 Å². The molecule has 0 aliphatic heterocycles. The molecule has 0 saturated carbocycles. The van der Waals surface area contributed by atoms with E-state index in [9.17, 15) is 10.1 Å². The molecule has 28 heavy (non-hydrogen) atoms. The summed E-state index contributed by atoms with van der Waals surface area (Å²) in [5, 5.41) is 15.3. The number of para-hydroxylation sites is 1. The number of nitrogen functional groups attached to an aromatic ring is 1. The van der Waals surface area contributed by atoms with Gasteiger partial charge in [-0.1, -0.05) is 30.3 Å². The first-order chi connectivity index (χ1) is 13.5. The first kappa shape index (κ1) is 18.5. The number of nitrogens with two attached hydrogens (primary N) is 1. The summed E-state index contributed by atoms with van der Waals surface area (Å²) in [6, 6.07) is 18.5. The van der Waals surface area contributed by atoms with E-state index in [1.165, 1.54) is 6.92 Å². The Morgan fingerprint density at radius 1 is 1.04 bits per heavy atom. The number of hydrogen-bond acceptors (Lipinski definition) is 7. The summed E-state index contributed by atoms with van der Waals surface area (Å²) in [4.78, 5) is 23.5. The summed E-state index contributed by atoms with van der Waals surface area (Å²) in [5.41, 5.74) is 8.23. The quantitative estimate of drug-likeness (QED) is 0.587. The molecule has 0 spiro atoms. The molecule has 0 aliphatic rings. The van der Waals surface area contributed by atoms with Crippen molar-refractivity contribution in [1.82, 2.24) is 15.0 Å². The second-order valence-electron chi connectivity index (χ2n) is 5.80. The van der Waals surface area contributed by atoms with Gasteiger partial charge in [0.25, 0.3) is 0 Å². The highest BCUT2D eigenvalue weighted by Crippen LogP contribution is 2.19. The molecule has 1 aromatic heterocycles. The molecule has 8 nitrogen and oxygen atoms in total. The molecule has 138 valence electrons. The molecular formula is C20H17N7O. The number of nitriles is 1. The predicted molar refractivity (Wildman–Crippen MR) is 108 cm³/mol. The third-order valence-corrected chi connectivity index (χ3v) is 3.59. The Kier molecular flexibility index (Phi) is 5.58. The predicted octanol–water partition coefficient (Wildman–Crippen LogP) is 3.22. The van der Waals surface area contributed by atoms with E-state index in [2.05, 4.69) is 31.7 Å². The van der Waals surface area contributed by atoms with E-state index >= 15 is 0 Å². The fraction of sp³-hybridized carbons (Fsp3) is 0.0500. The second-order valence-corrected chi connectivity index (χ2v) is 5.80. The van der Waals surface area contributed by atoms with Gasteiger partial charge in [-0.05, 0) is 35.9 Å². The Labute approximate surface area is 161 Å². The van der Waals surface area contributed by atoms with Crippen molar-refractivity contribution < 1.29 is 4.79 Å². The molecule has 0 radical (unpaired) electrons. The Hall–Kier alpha value is -4.25. The maximum absolute atomic E-state index is 11.1. The molecule has 0 atom stereocenters. The fourth-order valence-corrected chi connectivity index (χ4v) is 2.40. The SMILES string of the molecule is CC(=O)Nc1ccc(/C=C(\C#N)c2nc(N)nc(Nc3ccccc3)n2)cc1. The molecule has 0 unspecified atom stereocenters. The highest BCUT2D eigenvalue weighted by atomic mass is 16.1. The molecule has 0 fully saturated rings. The summed E-state index contributed by atoms with van der Waals surface area (Å²) in [7, 11) is 0. The molecule has 4 N–H and O–H groups in total. The number of allylic oxidation sites excluding steroid dienone is 1. The minimum atomic E-state index is -0.153. The van der Waals surface area contributed by atoms with E-state index in [1.54, 1.807) is 30.3 Å². The van der Waals surface area contributed by atoms with Crippen LogP contribution in [-0.4, -0.2) is 20.9 Å². The van der Waals surface area contributed by atoms with Crippen molar-refractivity contribution in [2.45, 2.75) is 6.92 Å². The lowest BCUT2D eigenvalue weighted by Gasteiger charge is -2.07. The van der Waals surface area contributed by atoms with E-state index < -0.39 is 0 Å². The zero-order valence-corrected chi connectivity index (χ0v) is 15.0. The highest BCUT2D eigenvalue weighted by Gasteiger charge is 2.10. The monoisotopic (exact) mass is 371 g/mol. The average molecular weight is 371 g/mol. The molecule has 2 aromatic carbocycles. The standard InChI is InChI=1S/C20H17N7O/c1-13(28)23-17-9-7-14(8-10-17)11-15(12-21)18-25-19(22)27-20(26-18)24-16-5-3-2-4-6-16/h2-11H,1H3,(H,23,28)(H3,22,24,25,26,27)/b15-11+. The van der Waals surface area contributed by atoms with Crippen LogP contribution in [0, 0.1) is 11.3 Å². The number of carbonyl (C=O) groups excluding carboxylic acids is 1. The first-order valence-corrected chi connectivity index (χ1v) is 8.37. The zero-order valence-electron chi connectivity index (χ0n) is 15.0. The van der Waals surface area contributed by atoms with Crippen LogP contribution in [-0.2, 0) is 4.79 Å². The molecule has 1 amide bonds. The molecule has 3 aromatic rings. The Morgan fingerprint density at radius 2 is 1.75 bits per heavy atom. The van der Waals surface area contributed by atoms with Crippen LogP contribution in [0.4, 0.5) is 23.3 Å². The van der Waals surface area contributed by atoms with Gasteiger partial charge in [-0.3, -0.25) is 4.79 Å². The van der Waals surface area contributed by atoms with Gasteiger partial charge in [-0.15, -0.1) is 0 Å². The number of anilines is 4. The van der Waals surface area contributed by atoms with Crippen molar-refractivity contribution in [3.8, 4) is 6.07 Å². The summed E-state index contributed by atoms with van der Waals surface area (Å²) in [6.45, 7) is 1.44. The number of aromatic nitrogens is 3. The number of hydrogen-bond donors (Lipinski definition) is 3. The lowest BCUT2D eigenvalue weighted by Crippen LogP contribution is -2.06. The smallest absolute Gasteiger partial charge is 0.232 e. The van der Waals surface area contributed by atoms with Gasteiger partial charge in [0.15, 0.2) is 5.82 Å². The highest BCUT2D eigenvalue weighted by molar-refractivity contribution is 5.90. The molecular weight excluding hydrogens is 354 g/mol. The van der Waals surface area contributed by atoms with Gasteiger partial charge in [0.05, 0.1) is 5.57 Å². The van der Waals surface area contributed by atoms with Crippen LogP contribution >= 0.6 is 0 Å². The second kappa shape index (κ2) is 8.42. The summed E-state index contributed by atoms with van der Waals surface area (Å²) < 4.78 is 0. The van der Waals surface area contributed by atoms with Crippen LogP contribution in [0.3, 0.4) is 0 Å². The first-order valence-electron chi connectivity index (χ1n) is 8.37. The van der Waals surface area contributed by atoms with Crippen LogP contribution in [0.25, 0.3) is 11.6 Å². The number of rotatable bonds is 5. The molecule has 1 heterocycles. The summed E-state index contributed by atoms with van der Waals surface area (Å²) in [5.74, 6) is 0.265. The van der Waals surface area contributed by atoms with Crippen molar-refractivity contribution in [1.29, 1.82) is 5.26 Å². The Bertz CT molecular complexity index is 1050. The minimum Gasteiger partial charge on any atom is -0.368 e. The average Bonchev–Trinajstić information content (AvgIpc) is 2.67. The summed E-state index contributed by atoms with van der Waals surface area (Å²) >= 11 is 0. The van der Waals surface area contributed by atoms with Gasteiger partial charge in [0, 0.05) is 18.3 Å². The van der Waals surface area contributed by atoms with Crippen LogP contribution in [0.1, 0.15) is 18.3 Å². The summed E-state index contributed by atoms with van der Waals surface area (Å²) in [6.07, 6.45) is 1.64. The van der Waals surface area contributed by atoms with Crippen LogP contribution < -0.4 is 16.4 Å². The van der Waals surface area contributed by atoms with E-state index in [4.69, 9.17) is 5.73 Å². The van der Waals surface area contributed by atoms with E-state index in [1.807, 2.05) is 30.3 Å². The number of carbonyl (C=O) groups is 1. The maximum atomic E-state index is 11.1. The lowest BCUT2D eigenvalue weighted by atomic mass is 10.1. The Balaban J connectivity index is 1.88. The topological polar surface area (TPSA) is 130 Å². The van der Waals surface area contributed by atoms with Gasteiger partial charge in [0.1, 0.15) is 6.07 Å². The molecule has 0 bridgehead atoms. The van der Waals surface area contributed by atoms with Crippen molar-refractivity contribution in [3.63, 3.8) is 0 Å². The van der Waals surface area contributed by atoms with E-state index in [0.717, 1.165) is 11.3 Å². The molecule has 3 rings (SSSR count). The largest absolute Gasteiger partial charge is 0.368 e. The van der Waals surface area contributed by atoms with E-state index in [-0.39, 0.29) is 29.2 Å². The number of nitrogens with zero attached hydrogens (tertiary/aromatic N) is 4. The van der Waals surface area contributed by atoms with Gasteiger partial charge in [-0.25, -0.2) is 0 Å². The molecule has 0 saturated heterocycles. The molecule has 0 aliphatic carbocycles.